The van der Waals surface area contributed by atoms with Crippen molar-refractivity contribution in [1.82, 2.24) is 19.9 Å². The molecule has 6 nitrogen and oxygen atoms in total. The van der Waals surface area contributed by atoms with Gasteiger partial charge >= 0.3 is 0 Å². The Bertz CT molecular complexity index is 899. The van der Waals surface area contributed by atoms with Crippen LogP contribution in [0.2, 0.25) is 5.02 Å². The van der Waals surface area contributed by atoms with E-state index in [1.165, 1.54) is 0 Å². The van der Waals surface area contributed by atoms with Crippen molar-refractivity contribution in [3.63, 3.8) is 0 Å². The molecule has 0 amide bonds. The molecule has 0 bridgehead atoms. The number of pyridine rings is 1. The molecule has 0 radical (unpaired) electrons. The predicted octanol–water partition coefficient (Wildman–Crippen LogP) is 3.14. The van der Waals surface area contributed by atoms with Gasteiger partial charge in [0.25, 0.3) is 0 Å². The van der Waals surface area contributed by atoms with Crippen LogP contribution in [0.4, 0.5) is 10.2 Å². The zero-order valence-electron chi connectivity index (χ0n) is 12.6. The van der Waals surface area contributed by atoms with Crippen LogP contribution in [-0.2, 0) is 0 Å². The first-order valence-electron chi connectivity index (χ1n) is 7.70. The zero-order chi connectivity index (χ0) is 16.7. The zero-order valence-corrected chi connectivity index (χ0v) is 13.4. The average molecular weight is 348 g/mol. The molecule has 1 saturated carbocycles. The van der Waals surface area contributed by atoms with Crippen molar-refractivity contribution < 1.29 is 9.50 Å². The highest BCUT2D eigenvalue weighted by Gasteiger charge is 2.24. The number of aromatic amines is 1. The van der Waals surface area contributed by atoms with Gasteiger partial charge in [-0.15, -0.1) is 0 Å². The molecule has 1 fully saturated rings. The summed E-state index contributed by atoms with van der Waals surface area (Å²) in [6.07, 6.45) is 6.17. The number of nitrogens with zero attached hydrogens (tertiary/aromatic N) is 3. The number of H-pyrrole nitrogens is 1. The highest BCUT2D eigenvalue weighted by molar-refractivity contribution is 6.31. The van der Waals surface area contributed by atoms with Crippen molar-refractivity contribution in [1.29, 1.82) is 0 Å². The lowest BCUT2D eigenvalue weighted by atomic mass is 10.2. The number of nitrogens with one attached hydrogen (secondary N) is 2. The highest BCUT2D eigenvalue weighted by Crippen LogP contribution is 2.29. The molecule has 3 aromatic heterocycles. The predicted molar refractivity (Wildman–Crippen MR) is 89.4 cm³/mol. The summed E-state index contributed by atoms with van der Waals surface area (Å²) in [6.45, 7) is 0. The van der Waals surface area contributed by atoms with E-state index in [0.29, 0.717) is 34.9 Å². The lowest BCUT2D eigenvalue weighted by Crippen LogP contribution is -2.18. The second-order valence-corrected chi connectivity index (χ2v) is 6.39. The molecule has 24 heavy (non-hydrogen) atoms. The molecule has 0 aliphatic heterocycles. The number of anilines is 1. The summed E-state index contributed by atoms with van der Waals surface area (Å²) in [5.74, 6) is 0.00679. The second kappa shape index (κ2) is 5.99. The fourth-order valence-electron chi connectivity index (χ4n) is 3.04. The summed E-state index contributed by atoms with van der Waals surface area (Å²) in [4.78, 5) is 15.6. The van der Waals surface area contributed by atoms with Gasteiger partial charge in [0.05, 0.1) is 17.3 Å². The minimum atomic E-state index is -0.517. The van der Waals surface area contributed by atoms with Crippen molar-refractivity contribution in [2.24, 2.45) is 0 Å². The van der Waals surface area contributed by atoms with E-state index in [0.717, 1.165) is 18.0 Å². The van der Waals surface area contributed by atoms with Crippen LogP contribution in [-0.4, -0.2) is 37.2 Å². The number of hydrogen-bond donors (Lipinski definition) is 3. The Hall–Kier alpha value is -2.25. The number of aromatic nitrogens is 4. The molecular weight excluding hydrogens is 333 g/mol. The van der Waals surface area contributed by atoms with E-state index in [-0.39, 0.29) is 18.0 Å². The summed E-state index contributed by atoms with van der Waals surface area (Å²) in [7, 11) is 0. The number of aliphatic hydroxyl groups is 1. The Balaban J connectivity index is 1.70. The quantitative estimate of drug-likeness (QED) is 0.677. The normalized spacial score (nSPS) is 20.6. The molecule has 124 valence electrons. The van der Waals surface area contributed by atoms with Gasteiger partial charge in [0.1, 0.15) is 5.65 Å². The van der Waals surface area contributed by atoms with Gasteiger partial charge in [-0.25, -0.2) is 19.3 Å². The van der Waals surface area contributed by atoms with Crippen LogP contribution in [0.3, 0.4) is 0 Å². The van der Waals surface area contributed by atoms with Gasteiger partial charge in [0, 0.05) is 29.4 Å². The van der Waals surface area contributed by atoms with Crippen LogP contribution in [0.5, 0.6) is 0 Å². The van der Waals surface area contributed by atoms with E-state index < -0.39 is 5.82 Å². The van der Waals surface area contributed by atoms with Crippen LogP contribution in [0.15, 0.2) is 24.7 Å². The van der Waals surface area contributed by atoms with Gasteiger partial charge in [-0.05, 0) is 25.3 Å². The van der Waals surface area contributed by atoms with Crippen LogP contribution >= 0.6 is 11.6 Å². The van der Waals surface area contributed by atoms with Crippen molar-refractivity contribution in [2.45, 2.75) is 31.4 Å². The lowest BCUT2D eigenvalue weighted by molar-refractivity contribution is 0.182. The number of halogens is 2. The first kappa shape index (κ1) is 15.3. The smallest absolute Gasteiger partial charge is 0.183 e. The van der Waals surface area contributed by atoms with Crippen molar-refractivity contribution >= 4 is 28.5 Å². The summed E-state index contributed by atoms with van der Waals surface area (Å²) in [5.41, 5.74) is 1.37. The standard InChI is InChI=1S/C16H15ClFN5O/c17-8-3-11-12(6-20-14(11)19-5-8)15-21-7-13(18)16(23-15)22-9-1-2-10(24)4-9/h3,5-7,9-10,24H,1-2,4H2,(H,19,20)(H,21,22,23)/t9-,10-/m0/s1. The summed E-state index contributed by atoms with van der Waals surface area (Å²) in [6, 6.07) is 1.78. The van der Waals surface area contributed by atoms with E-state index >= 15 is 0 Å². The van der Waals surface area contributed by atoms with Crippen molar-refractivity contribution in [3.05, 3.63) is 35.5 Å². The first-order chi connectivity index (χ1) is 11.6. The molecule has 8 heteroatoms. The number of fused-ring (bicyclic) bond motifs is 1. The topological polar surface area (TPSA) is 86.7 Å². The van der Waals surface area contributed by atoms with Gasteiger partial charge in [0.15, 0.2) is 17.5 Å². The molecule has 3 N–H and O–H groups in total. The number of rotatable bonds is 3. The van der Waals surface area contributed by atoms with Gasteiger partial charge in [-0.3, -0.25) is 0 Å². The van der Waals surface area contributed by atoms with E-state index in [9.17, 15) is 9.50 Å². The SMILES string of the molecule is O[C@H]1CC[C@H](Nc2nc(-c3c[nH]c4ncc(Cl)cc34)ncc2F)C1. The minimum Gasteiger partial charge on any atom is -0.393 e. The Kier molecular flexibility index (Phi) is 3.82. The largest absolute Gasteiger partial charge is 0.393 e. The van der Waals surface area contributed by atoms with E-state index in [1.807, 2.05) is 0 Å². The molecule has 1 aliphatic rings. The molecule has 3 heterocycles. The average Bonchev–Trinajstić information content (AvgIpc) is 3.15. The minimum absolute atomic E-state index is 0.0105. The van der Waals surface area contributed by atoms with Gasteiger partial charge in [-0.1, -0.05) is 11.6 Å². The maximum Gasteiger partial charge on any atom is 0.183 e. The fraction of sp³-hybridized carbons (Fsp3) is 0.312. The molecule has 0 saturated heterocycles. The highest BCUT2D eigenvalue weighted by atomic mass is 35.5. The van der Waals surface area contributed by atoms with Crippen LogP contribution in [0, 0.1) is 5.82 Å². The number of hydrogen-bond acceptors (Lipinski definition) is 5. The maximum atomic E-state index is 14.0. The first-order valence-corrected chi connectivity index (χ1v) is 8.08. The number of aliphatic hydroxyl groups excluding tert-OH is 1. The van der Waals surface area contributed by atoms with Crippen molar-refractivity contribution in [3.8, 4) is 11.4 Å². The van der Waals surface area contributed by atoms with E-state index in [2.05, 4.69) is 25.3 Å². The maximum absolute atomic E-state index is 14.0. The summed E-state index contributed by atoms with van der Waals surface area (Å²) in [5, 5.41) is 13.9. The van der Waals surface area contributed by atoms with E-state index in [1.54, 1.807) is 18.5 Å². The Morgan fingerprint density at radius 3 is 2.96 bits per heavy atom. The third-order valence-electron chi connectivity index (χ3n) is 4.23. The van der Waals surface area contributed by atoms with Gasteiger partial charge in [0.2, 0.25) is 0 Å². The molecule has 3 aromatic rings. The molecule has 2 atom stereocenters. The van der Waals surface area contributed by atoms with Crippen molar-refractivity contribution in [2.75, 3.05) is 5.32 Å². The molecule has 0 unspecified atom stereocenters. The second-order valence-electron chi connectivity index (χ2n) is 5.95. The van der Waals surface area contributed by atoms with Gasteiger partial charge < -0.3 is 15.4 Å². The monoisotopic (exact) mass is 347 g/mol. The van der Waals surface area contributed by atoms with Crippen LogP contribution < -0.4 is 5.32 Å². The molecule has 0 spiro atoms. The van der Waals surface area contributed by atoms with Crippen LogP contribution in [0.1, 0.15) is 19.3 Å². The lowest BCUT2D eigenvalue weighted by Gasteiger charge is -2.13. The third kappa shape index (κ3) is 2.81. The Morgan fingerprint density at radius 2 is 2.17 bits per heavy atom. The Labute approximate surface area is 142 Å². The Morgan fingerprint density at radius 1 is 1.29 bits per heavy atom. The molecule has 1 aliphatic carbocycles. The van der Waals surface area contributed by atoms with Crippen LogP contribution in [0.25, 0.3) is 22.4 Å². The summed E-state index contributed by atoms with van der Waals surface area (Å²) < 4.78 is 14.0. The summed E-state index contributed by atoms with van der Waals surface area (Å²) >= 11 is 6.01. The molecular formula is C16H15ClFN5O. The third-order valence-corrected chi connectivity index (χ3v) is 4.44. The fourth-order valence-corrected chi connectivity index (χ4v) is 3.20. The van der Waals surface area contributed by atoms with Gasteiger partial charge in [-0.2, -0.15) is 0 Å². The molecule has 4 rings (SSSR count). The molecule has 0 aromatic carbocycles. The van der Waals surface area contributed by atoms with E-state index in [4.69, 9.17) is 11.6 Å².